The zero-order valence-electron chi connectivity index (χ0n) is 16.0. The molecule has 2 unspecified atom stereocenters. The maximum absolute atomic E-state index is 6.84. The van der Waals surface area contributed by atoms with Crippen LogP contribution in [0.25, 0.3) is 0 Å². The monoisotopic (exact) mass is 353 g/mol. The van der Waals surface area contributed by atoms with Crippen molar-refractivity contribution in [1.82, 2.24) is 0 Å². The van der Waals surface area contributed by atoms with Crippen LogP contribution in [0.2, 0.25) is 0 Å². The van der Waals surface area contributed by atoms with Gasteiger partial charge in [0.25, 0.3) is 0 Å². The van der Waals surface area contributed by atoms with E-state index in [4.69, 9.17) is 11.6 Å². The molecule has 1 nitrogen and oxygen atoms in total. The Labute approximate surface area is 149 Å². The van der Waals surface area contributed by atoms with E-state index >= 15 is 0 Å². The van der Waals surface area contributed by atoms with E-state index in [-0.39, 0.29) is 15.7 Å². The zero-order valence-corrected chi connectivity index (χ0v) is 17.7. The summed E-state index contributed by atoms with van der Waals surface area (Å²) in [5, 5.41) is 1.85. The molecule has 1 aromatic carbocycles. The fraction of sp³-hybridized carbons (Fsp3) is 0.600. The first-order valence-electron chi connectivity index (χ1n) is 8.34. The lowest BCUT2D eigenvalue weighted by molar-refractivity contribution is 0.623. The van der Waals surface area contributed by atoms with Crippen LogP contribution < -0.4 is 10.2 Å². The van der Waals surface area contributed by atoms with E-state index in [1.165, 1.54) is 11.0 Å². The first-order chi connectivity index (χ1) is 10.5. The van der Waals surface area contributed by atoms with Crippen LogP contribution in [0.3, 0.4) is 0 Å². The van der Waals surface area contributed by atoms with Crippen LogP contribution in [0, 0.1) is 0 Å². The summed E-state index contributed by atoms with van der Waals surface area (Å²) >= 11 is 6.84. The molecule has 0 aromatic heterocycles. The van der Waals surface area contributed by atoms with E-state index in [2.05, 4.69) is 97.0 Å². The highest BCUT2D eigenvalue weighted by Gasteiger charge is 2.42. The Hall–Kier alpha value is -0.520. The van der Waals surface area contributed by atoms with Crippen LogP contribution in [-0.2, 0) is 0 Å². The lowest BCUT2D eigenvalue weighted by atomic mass is 10.1. The second kappa shape index (κ2) is 8.04. The van der Waals surface area contributed by atoms with E-state index in [1.807, 2.05) is 0 Å². The summed E-state index contributed by atoms with van der Waals surface area (Å²) in [4.78, 5) is 2.14. The van der Waals surface area contributed by atoms with Crippen LogP contribution in [0.15, 0.2) is 36.4 Å². The Bertz CT molecular complexity index is 511. The summed E-state index contributed by atoms with van der Waals surface area (Å²) < 4.78 is 0. The number of allylic oxidation sites excluding steroid dienone is 2. The van der Waals surface area contributed by atoms with Gasteiger partial charge in [0.15, 0.2) is 0 Å². The van der Waals surface area contributed by atoms with Crippen molar-refractivity contribution in [3.05, 3.63) is 36.4 Å². The highest BCUT2D eigenvalue weighted by molar-refractivity contribution is 7.68. The Morgan fingerprint density at radius 3 is 2.00 bits per heavy atom. The molecule has 23 heavy (non-hydrogen) atoms. The Morgan fingerprint density at radius 1 is 1.09 bits per heavy atom. The highest BCUT2D eigenvalue weighted by Crippen LogP contribution is 2.61. The third-order valence-electron chi connectivity index (χ3n) is 4.22. The number of anilines is 1. The first kappa shape index (κ1) is 20.5. The van der Waals surface area contributed by atoms with Gasteiger partial charge in [-0.05, 0) is 35.9 Å². The molecule has 0 amide bonds. The van der Waals surface area contributed by atoms with Crippen molar-refractivity contribution in [3.8, 4) is 0 Å². The molecule has 0 spiro atoms. The molecule has 130 valence electrons. The average molecular weight is 354 g/mol. The van der Waals surface area contributed by atoms with Gasteiger partial charge in [-0.25, -0.2) is 0 Å². The summed E-state index contributed by atoms with van der Waals surface area (Å²) in [7, 11) is 3.75. The smallest absolute Gasteiger partial charge is 0.0463 e. The molecule has 0 heterocycles. The molecule has 0 N–H and O–H groups in total. The number of alkyl halides is 1. The quantitative estimate of drug-likeness (QED) is 0.344. The molecular formula is C20H33ClNP. The topological polar surface area (TPSA) is 3.24 Å². The molecule has 1 aromatic rings. The average Bonchev–Trinajstić information content (AvgIpc) is 2.43. The van der Waals surface area contributed by atoms with E-state index in [0.717, 1.165) is 6.42 Å². The molecule has 0 bridgehead atoms. The van der Waals surface area contributed by atoms with Crippen molar-refractivity contribution in [2.75, 3.05) is 19.0 Å². The molecule has 0 aliphatic heterocycles. The fourth-order valence-electron chi connectivity index (χ4n) is 3.17. The molecule has 0 aliphatic rings. The predicted molar refractivity (Wildman–Crippen MR) is 110 cm³/mol. The Kier molecular flexibility index (Phi) is 7.17. The van der Waals surface area contributed by atoms with Crippen molar-refractivity contribution in [2.24, 2.45) is 0 Å². The van der Waals surface area contributed by atoms with E-state index in [1.54, 1.807) is 0 Å². The van der Waals surface area contributed by atoms with Crippen molar-refractivity contribution in [2.45, 2.75) is 63.7 Å². The molecule has 0 aliphatic carbocycles. The molecule has 0 radical (unpaired) electrons. The van der Waals surface area contributed by atoms with Gasteiger partial charge < -0.3 is 4.90 Å². The maximum Gasteiger partial charge on any atom is 0.0463 e. The normalized spacial score (nSPS) is 15.7. The van der Waals surface area contributed by atoms with Gasteiger partial charge in [0.2, 0.25) is 0 Å². The van der Waals surface area contributed by atoms with E-state index in [0.29, 0.717) is 0 Å². The molecule has 0 fully saturated rings. The van der Waals surface area contributed by atoms with Crippen molar-refractivity contribution >= 4 is 30.5 Å². The number of nitrogens with zero attached hydrogens (tertiary/aromatic N) is 1. The molecule has 2 atom stereocenters. The van der Waals surface area contributed by atoms with E-state index in [9.17, 15) is 0 Å². The van der Waals surface area contributed by atoms with Crippen molar-refractivity contribution in [3.63, 3.8) is 0 Å². The predicted octanol–water partition coefficient (Wildman–Crippen LogP) is 6.01. The largest absolute Gasteiger partial charge is 0.378 e. The highest BCUT2D eigenvalue weighted by atomic mass is 35.5. The third-order valence-corrected chi connectivity index (χ3v) is 8.71. The van der Waals surface area contributed by atoms with Gasteiger partial charge in [-0.1, -0.05) is 66.8 Å². The summed E-state index contributed by atoms with van der Waals surface area (Å²) in [5.41, 5.74) is 1.24. The minimum Gasteiger partial charge on any atom is -0.378 e. The molecule has 0 saturated carbocycles. The van der Waals surface area contributed by atoms with Crippen molar-refractivity contribution in [1.29, 1.82) is 0 Å². The number of hydrogen-bond donors (Lipinski definition) is 0. The number of benzene rings is 1. The van der Waals surface area contributed by atoms with Gasteiger partial charge in [0, 0.05) is 30.3 Å². The summed E-state index contributed by atoms with van der Waals surface area (Å²) in [6.07, 6.45) is 5.21. The second-order valence-corrected chi connectivity index (χ2v) is 12.1. The van der Waals surface area contributed by atoms with Crippen LogP contribution in [0.5, 0.6) is 0 Å². The minimum absolute atomic E-state index is 0.0638. The Balaban J connectivity index is 3.24. The fourth-order valence-corrected chi connectivity index (χ4v) is 7.57. The number of halogens is 1. The Morgan fingerprint density at radius 2 is 1.61 bits per heavy atom. The summed E-state index contributed by atoms with van der Waals surface area (Å²) in [5.74, 6) is 0. The van der Waals surface area contributed by atoms with Gasteiger partial charge in [-0.2, -0.15) is 0 Å². The summed E-state index contributed by atoms with van der Waals surface area (Å²) in [6.45, 7) is 13.8. The SMILES string of the molecule is CC=CCC(Cl)C(C)(C)P(c1ccc(N(C)C)cc1)C(C)(C)C. The van der Waals surface area contributed by atoms with Crippen LogP contribution in [0.1, 0.15) is 48.0 Å². The minimum atomic E-state index is -0.412. The van der Waals surface area contributed by atoms with Gasteiger partial charge in [0.1, 0.15) is 0 Å². The molecule has 1 rings (SSSR count). The van der Waals surface area contributed by atoms with Gasteiger partial charge in [-0.15, -0.1) is 11.6 Å². The standard InChI is InChI=1S/C20H33ClNP/c1-9-10-11-18(21)20(5,6)23(19(2,3)4)17-14-12-16(13-15-17)22(7)8/h9-10,12-15,18H,11H2,1-8H3. The van der Waals surface area contributed by atoms with E-state index < -0.39 is 7.92 Å². The molecule has 0 saturated heterocycles. The maximum atomic E-state index is 6.84. The zero-order chi connectivity index (χ0) is 17.8. The third kappa shape index (κ3) is 5.23. The van der Waals surface area contributed by atoms with Crippen LogP contribution in [-0.4, -0.2) is 29.8 Å². The number of rotatable bonds is 6. The lowest BCUT2D eigenvalue weighted by Crippen LogP contribution is -2.39. The second-order valence-electron chi connectivity index (χ2n) is 7.84. The van der Waals surface area contributed by atoms with Gasteiger partial charge in [-0.3, -0.25) is 0 Å². The summed E-state index contributed by atoms with van der Waals surface area (Å²) in [6, 6.07) is 9.05. The van der Waals surface area contributed by atoms with Crippen LogP contribution in [0.4, 0.5) is 5.69 Å². The van der Waals surface area contributed by atoms with Crippen molar-refractivity contribution < 1.29 is 0 Å². The van der Waals surface area contributed by atoms with Gasteiger partial charge in [0.05, 0.1) is 0 Å². The molecule has 3 heteroatoms. The lowest BCUT2D eigenvalue weighted by Gasteiger charge is -2.46. The first-order valence-corrected chi connectivity index (χ1v) is 10.1. The number of hydrogen-bond acceptors (Lipinski definition) is 1. The molecular weight excluding hydrogens is 321 g/mol. The van der Waals surface area contributed by atoms with Gasteiger partial charge >= 0.3 is 0 Å². The van der Waals surface area contributed by atoms with Crippen LogP contribution >= 0.6 is 19.5 Å².